The van der Waals surface area contributed by atoms with E-state index in [1.807, 2.05) is 48.0 Å². The normalized spacial score (nSPS) is 11.0. The van der Waals surface area contributed by atoms with E-state index in [1.165, 1.54) is 11.8 Å². The van der Waals surface area contributed by atoms with Crippen LogP contribution in [-0.2, 0) is 13.7 Å². The van der Waals surface area contributed by atoms with Crippen molar-refractivity contribution in [1.29, 1.82) is 0 Å². The van der Waals surface area contributed by atoms with E-state index in [1.54, 1.807) is 6.20 Å². The summed E-state index contributed by atoms with van der Waals surface area (Å²) in [5, 5.41) is 10.1. The van der Waals surface area contributed by atoms with E-state index in [2.05, 4.69) is 34.0 Å². The zero-order valence-electron chi connectivity index (χ0n) is 13.9. The molecule has 0 saturated heterocycles. The van der Waals surface area contributed by atoms with Crippen molar-refractivity contribution in [1.82, 2.24) is 24.7 Å². The third kappa shape index (κ3) is 3.91. The van der Waals surface area contributed by atoms with Crippen molar-refractivity contribution in [3.05, 3.63) is 54.2 Å². The van der Waals surface area contributed by atoms with Gasteiger partial charge in [0.2, 0.25) is 0 Å². The van der Waals surface area contributed by atoms with Gasteiger partial charge in [-0.2, -0.15) is 0 Å². The average Bonchev–Trinajstić information content (AvgIpc) is 2.94. The van der Waals surface area contributed by atoms with Gasteiger partial charge in [0.05, 0.1) is 0 Å². The molecule has 0 aliphatic rings. The topological polar surface area (TPSA) is 65.7 Å². The smallest absolute Gasteiger partial charge is 0.197 e. The quantitative estimate of drug-likeness (QED) is 0.640. The molecule has 2 heterocycles. The second kappa shape index (κ2) is 7.44. The highest BCUT2D eigenvalue weighted by Gasteiger charge is 2.12. The molecule has 3 rings (SSSR count). The standard InChI is InChI=1S/C17H19N5OS/c1-12(2)16-18-10-9-15(19-16)24-17-21-20-14(22(17)3)11-23-13-7-5-4-6-8-13/h4-10,12H,11H2,1-3H3. The first-order chi connectivity index (χ1) is 11.6. The summed E-state index contributed by atoms with van der Waals surface area (Å²) in [5.74, 6) is 2.70. The lowest BCUT2D eigenvalue weighted by Crippen LogP contribution is -2.04. The summed E-state index contributed by atoms with van der Waals surface area (Å²) in [6.45, 7) is 4.52. The average molecular weight is 341 g/mol. The van der Waals surface area contributed by atoms with Crippen LogP contribution in [-0.4, -0.2) is 24.7 Å². The van der Waals surface area contributed by atoms with Crippen LogP contribution in [0.2, 0.25) is 0 Å². The lowest BCUT2D eigenvalue weighted by Gasteiger charge is -2.07. The van der Waals surface area contributed by atoms with Crippen molar-refractivity contribution in [3.8, 4) is 5.75 Å². The van der Waals surface area contributed by atoms with Crippen LogP contribution >= 0.6 is 11.8 Å². The molecular weight excluding hydrogens is 322 g/mol. The Kier molecular flexibility index (Phi) is 5.10. The first-order valence-electron chi connectivity index (χ1n) is 7.70. The van der Waals surface area contributed by atoms with E-state index in [0.29, 0.717) is 12.5 Å². The van der Waals surface area contributed by atoms with Crippen LogP contribution in [0, 0.1) is 0 Å². The number of nitrogens with zero attached hydrogens (tertiary/aromatic N) is 5. The minimum absolute atomic E-state index is 0.292. The second-order valence-electron chi connectivity index (χ2n) is 5.57. The molecule has 0 aliphatic heterocycles. The van der Waals surface area contributed by atoms with Crippen molar-refractivity contribution in [2.45, 2.75) is 36.6 Å². The maximum atomic E-state index is 5.73. The van der Waals surface area contributed by atoms with Crippen LogP contribution < -0.4 is 4.74 Å². The summed E-state index contributed by atoms with van der Waals surface area (Å²) in [7, 11) is 1.93. The van der Waals surface area contributed by atoms with Gasteiger partial charge in [-0.05, 0) is 30.0 Å². The second-order valence-corrected chi connectivity index (χ2v) is 6.56. The van der Waals surface area contributed by atoms with Gasteiger partial charge in [-0.15, -0.1) is 10.2 Å². The minimum Gasteiger partial charge on any atom is -0.486 e. The number of para-hydroxylation sites is 1. The lowest BCUT2D eigenvalue weighted by molar-refractivity contribution is 0.290. The minimum atomic E-state index is 0.292. The maximum absolute atomic E-state index is 5.73. The number of hydrogen-bond donors (Lipinski definition) is 0. The molecule has 0 radical (unpaired) electrons. The number of ether oxygens (including phenoxy) is 1. The van der Waals surface area contributed by atoms with E-state index in [-0.39, 0.29) is 0 Å². The summed E-state index contributed by atoms with van der Waals surface area (Å²) in [5.41, 5.74) is 0. The van der Waals surface area contributed by atoms with Gasteiger partial charge in [0.25, 0.3) is 0 Å². The first kappa shape index (κ1) is 16.4. The molecule has 0 amide bonds. The summed E-state index contributed by atoms with van der Waals surface area (Å²) in [4.78, 5) is 8.83. The first-order valence-corrected chi connectivity index (χ1v) is 8.52. The molecule has 0 bridgehead atoms. The molecule has 6 nitrogen and oxygen atoms in total. The lowest BCUT2D eigenvalue weighted by atomic mass is 10.2. The van der Waals surface area contributed by atoms with Crippen molar-refractivity contribution < 1.29 is 4.74 Å². The van der Waals surface area contributed by atoms with Crippen molar-refractivity contribution in [3.63, 3.8) is 0 Å². The molecule has 0 fully saturated rings. The molecule has 0 aliphatic carbocycles. The molecular formula is C17H19N5OS. The van der Waals surface area contributed by atoms with E-state index in [4.69, 9.17) is 4.74 Å². The summed E-state index contributed by atoms with van der Waals surface area (Å²) >= 11 is 1.47. The fraction of sp³-hybridized carbons (Fsp3) is 0.294. The van der Waals surface area contributed by atoms with Gasteiger partial charge in [-0.25, -0.2) is 9.97 Å². The Morgan fingerprint density at radius 1 is 1.12 bits per heavy atom. The zero-order valence-corrected chi connectivity index (χ0v) is 14.7. The Labute approximate surface area is 145 Å². The molecule has 3 aromatic rings. The van der Waals surface area contributed by atoms with Crippen LogP contribution in [0.5, 0.6) is 5.75 Å². The highest BCUT2D eigenvalue weighted by molar-refractivity contribution is 7.99. The Hall–Kier alpha value is -2.41. The zero-order chi connectivity index (χ0) is 16.9. The molecule has 24 heavy (non-hydrogen) atoms. The number of benzene rings is 1. The molecule has 1 aromatic carbocycles. The molecule has 7 heteroatoms. The number of aromatic nitrogens is 5. The summed E-state index contributed by atoms with van der Waals surface area (Å²) in [6.07, 6.45) is 1.78. The molecule has 0 unspecified atom stereocenters. The molecule has 2 aromatic heterocycles. The SMILES string of the molecule is CC(C)c1nccc(Sc2nnc(COc3ccccc3)n2C)n1. The maximum Gasteiger partial charge on any atom is 0.197 e. The van der Waals surface area contributed by atoms with Crippen LogP contribution in [0.25, 0.3) is 0 Å². The predicted octanol–water partition coefficient (Wildman–Crippen LogP) is 3.46. The van der Waals surface area contributed by atoms with Gasteiger partial charge in [0.1, 0.15) is 23.2 Å². The fourth-order valence-corrected chi connectivity index (χ4v) is 2.79. The van der Waals surface area contributed by atoms with E-state index in [9.17, 15) is 0 Å². The van der Waals surface area contributed by atoms with Crippen molar-refractivity contribution in [2.24, 2.45) is 7.05 Å². The fourth-order valence-electron chi connectivity index (χ4n) is 2.01. The van der Waals surface area contributed by atoms with E-state index in [0.717, 1.165) is 27.6 Å². The number of hydrogen-bond acceptors (Lipinski definition) is 6. The van der Waals surface area contributed by atoms with E-state index >= 15 is 0 Å². The molecule has 0 saturated carbocycles. The van der Waals surface area contributed by atoms with Crippen LogP contribution in [0.3, 0.4) is 0 Å². The molecule has 0 atom stereocenters. The Morgan fingerprint density at radius 2 is 1.92 bits per heavy atom. The van der Waals surface area contributed by atoms with Crippen LogP contribution in [0.15, 0.2) is 52.8 Å². The van der Waals surface area contributed by atoms with Crippen molar-refractivity contribution in [2.75, 3.05) is 0 Å². The predicted molar refractivity (Wildman–Crippen MR) is 92.0 cm³/mol. The highest BCUT2D eigenvalue weighted by atomic mass is 32.2. The third-order valence-electron chi connectivity index (χ3n) is 3.40. The van der Waals surface area contributed by atoms with Gasteiger partial charge in [0, 0.05) is 19.2 Å². The van der Waals surface area contributed by atoms with E-state index < -0.39 is 0 Å². The largest absolute Gasteiger partial charge is 0.486 e. The molecule has 0 N–H and O–H groups in total. The molecule has 124 valence electrons. The summed E-state index contributed by atoms with van der Waals surface area (Å²) in [6, 6.07) is 11.5. The van der Waals surface area contributed by atoms with Gasteiger partial charge in [-0.1, -0.05) is 32.0 Å². The number of rotatable bonds is 6. The van der Waals surface area contributed by atoms with Crippen LogP contribution in [0.1, 0.15) is 31.4 Å². The molecule has 0 spiro atoms. The van der Waals surface area contributed by atoms with Crippen molar-refractivity contribution >= 4 is 11.8 Å². The summed E-state index contributed by atoms with van der Waals surface area (Å²) < 4.78 is 7.65. The van der Waals surface area contributed by atoms with Gasteiger partial charge >= 0.3 is 0 Å². The van der Waals surface area contributed by atoms with Gasteiger partial charge < -0.3 is 9.30 Å². The third-order valence-corrected chi connectivity index (χ3v) is 4.37. The highest BCUT2D eigenvalue weighted by Crippen LogP contribution is 2.25. The van der Waals surface area contributed by atoms with Gasteiger partial charge in [-0.3, -0.25) is 0 Å². The Balaban J connectivity index is 1.69. The van der Waals surface area contributed by atoms with Crippen LogP contribution in [0.4, 0.5) is 0 Å². The monoisotopic (exact) mass is 341 g/mol. The van der Waals surface area contributed by atoms with Gasteiger partial charge in [0.15, 0.2) is 11.0 Å². The Morgan fingerprint density at radius 3 is 2.67 bits per heavy atom. The Bertz CT molecular complexity index is 804.